The second-order valence-corrected chi connectivity index (χ2v) is 5.63. The maximum Gasteiger partial charge on any atom is 0.304 e. The lowest BCUT2D eigenvalue weighted by molar-refractivity contribution is -0.136. The van der Waals surface area contributed by atoms with E-state index < -0.39 is 5.97 Å². The summed E-state index contributed by atoms with van der Waals surface area (Å²) >= 11 is 1.66. The summed E-state index contributed by atoms with van der Waals surface area (Å²) in [7, 11) is 0. The Hall–Kier alpha value is -1.55. The Balaban J connectivity index is 2.10. The summed E-state index contributed by atoms with van der Waals surface area (Å²) in [5, 5.41) is 10.00. The van der Waals surface area contributed by atoms with Gasteiger partial charge in [0.1, 0.15) is 0 Å². The number of carboxylic acid groups (broad SMARTS) is 1. The van der Waals surface area contributed by atoms with E-state index in [1.807, 2.05) is 31.2 Å². The Labute approximate surface area is 110 Å². The smallest absolute Gasteiger partial charge is 0.304 e. The summed E-state index contributed by atoms with van der Waals surface area (Å²) in [6.07, 6.45) is 2.01. The summed E-state index contributed by atoms with van der Waals surface area (Å²) < 4.78 is 0. The lowest BCUT2D eigenvalue weighted by Gasteiger charge is -2.10. The van der Waals surface area contributed by atoms with E-state index in [4.69, 9.17) is 5.11 Å². The first-order valence-electron chi connectivity index (χ1n) is 5.83. The summed E-state index contributed by atoms with van der Waals surface area (Å²) in [6, 6.07) is 10.0. The minimum Gasteiger partial charge on any atom is -0.481 e. The second kappa shape index (κ2) is 5.87. The highest BCUT2D eigenvalue weighted by Gasteiger charge is 2.09. The van der Waals surface area contributed by atoms with Gasteiger partial charge in [0.25, 0.3) is 0 Å². The van der Waals surface area contributed by atoms with Crippen LogP contribution in [0.4, 0.5) is 0 Å². The average Bonchev–Trinajstić information content (AvgIpc) is 2.35. The molecule has 1 atom stereocenters. The van der Waals surface area contributed by atoms with Gasteiger partial charge in [-0.25, -0.2) is 0 Å². The molecule has 94 valence electrons. The summed E-state index contributed by atoms with van der Waals surface area (Å²) in [5.74, 6) is 0.0758. The number of carboxylic acids is 1. The molecule has 1 heterocycles. The third-order valence-electron chi connectivity index (χ3n) is 2.72. The predicted molar refractivity (Wildman–Crippen MR) is 74.8 cm³/mol. The fourth-order valence-electron chi connectivity index (χ4n) is 1.82. The van der Waals surface area contributed by atoms with Crippen LogP contribution < -0.4 is 0 Å². The van der Waals surface area contributed by atoms with Crippen molar-refractivity contribution in [1.29, 1.82) is 0 Å². The van der Waals surface area contributed by atoms with Gasteiger partial charge >= 0.3 is 5.97 Å². The van der Waals surface area contributed by atoms with Crippen LogP contribution in [0.25, 0.3) is 10.9 Å². The van der Waals surface area contributed by atoms with E-state index in [9.17, 15) is 4.79 Å². The summed E-state index contributed by atoms with van der Waals surface area (Å²) in [5.41, 5.74) is 2.20. The number of pyridine rings is 1. The SMILES string of the molecule is CC(CC(=O)O)SCc1ccnc2ccccc12. The van der Waals surface area contributed by atoms with Crippen LogP contribution in [0.15, 0.2) is 36.5 Å². The zero-order valence-electron chi connectivity index (χ0n) is 10.2. The number of hydrogen-bond acceptors (Lipinski definition) is 3. The molecular formula is C14H15NO2S. The van der Waals surface area contributed by atoms with Crippen LogP contribution in [0.2, 0.25) is 0 Å². The first-order valence-corrected chi connectivity index (χ1v) is 6.87. The highest BCUT2D eigenvalue weighted by molar-refractivity contribution is 7.99. The van der Waals surface area contributed by atoms with Crippen LogP contribution in [-0.2, 0) is 10.5 Å². The van der Waals surface area contributed by atoms with Gasteiger partial charge in [-0.15, -0.1) is 0 Å². The van der Waals surface area contributed by atoms with Crippen molar-refractivity contribution in [1.82, 2.24) is 4.98 Å². The van der Waals surface area contributed by atoms with Gasteiger partial charge in [0.05, 0.1) is 11.9 Å². The fourth-order valence-corrected chi connectivity index (χ4v) is 2.79. The molecule has 0 saturated carbocycles. The third-order valence-corrected chi connectivity index (χ3v) is 3.94. The molecule has 18 heavy (non-hydrogen) atoms. The largest absolute Gasteiger partial charge is 0.481 e. The van der Waals surface area contributed by atoms with E-state index in [1.54, 1.807) is 18.0 Å². The Morgan fingerprint density at radius 1 is 1.39 bits per heavy atom. The lowest BCUT2D eigenvalue weighted by atomic mass is 10.1. The van der Waals surface area contributed by atoms with Gasteiger partial charge in [-0.2, -0.15) is 11.8 Å². The Kier molecular flexibility index (Phi) is 4.20. The van der Waals surface area contributed by atoms with E-state index in [1.165, 1.54) is 5.56 Å². The summed E-state index contributed by atoms with van der Waals surface area (Å²) in [6.45, 7) is 1.95. The van der Waals surface area contributed by atoms with Crippen molar-refractivity contribution in [3.05, 3.63) is 42.1 Å². The molecular weight excluding hydrogens is 246 g/mol. The zero-order valence-corrected chi connectivity index (χ0v) is 11.0. The normalized spacial score (nSPS) is 12.5. The first kappa shape index (κ1) is 12.9. The third kappa shape index (κ3) is 3.23. The van der Waals surface area contributed by atoms with E-state index in [-0.39, 0.29) is 11.7 Å². The minimum absolute atomic E-state index is 0.120. The number of nitrogens with zero attached hydrogens (tertiary/aromatic N) is 1. The van der Waals surface area contributed by atoms with Crippen molar-refractivity contribution in [3.8, 4) is 0 Å². The lowest BCUT2D eigenvalue weighted by Crippen LogP contribution is -2.05. The number of aliphatic carboxylic acids is 1. The molecule has 1 aromatic carbocycles. The molecule has 0 fully saturated rings. The molecule has 0 spiro atoms. The van der Waals surface area contributed by atoms with Crippen molar-refractivity contribution >= 4 is 28.6 Å². The van der Waals surface area contributed by atoms with Gasteiger partial charge in [-0.3, -0.25) is 9.78 Å². The molecule has 0 aliphatic heterocycles. The van der Waals surface area contributed by atoms with Crippen molar-refractivity contribution < 1.29 is 9.90 Å². The Morgan fingerprint density at radius 3 is 2.94 bits per heavy atom. The van der Waals surface area contributed by atoms with E-state index in [2.05, 4.69) is 11.1 Å². The molecule has 0 aliphatic rings. The van der Waals surface area contributed by atoms with Crippen molar-refractivity contribution in [2.24, 2.45) is 0 Å². The van der Waals surface area contributed by atoms with Gasteiger partial charge in [0.2, 0.25) is 0 Å². The van der Waals surface area contributed by atoms with Crippen LogP contribution in [-0.4, -0.2) is 21.3 Å². The van der Waals surface area contributed by atoms with Crippen LogP contribution in [0, 0.1) is 0 Å². The first-order chi connectivity index (χ1) is 8.66. The maximum absolute atomic E-state index is 10.6. The van der Waals surface area contributed by atoms with Crippen molar-refractivity contribution in [2.75, 3.05) is 0 Å². The number of hydrogen-bond donors (Lipinski definition) is 1. The summed E-state index contributed by atoms with van der Waals surface area (Å²) in [4.78, 5) is 14.9. The Bertz CT molecular complexity index is 551. The maximum atomic E-state index is 10.6. The number of fused-ring (bicyclic) bond motifs is 1. The molecule has 0 amide bonds. The standard InChI is InChI=1S/C14H15NO2S/c1-10(8-14(16)17)18-9-11-6-7-15-13-5-3-2-4-12(11)13/h2-7,10H,8-9H2,1H3,(H,16,17). The van der Waals surface area contributed by atoms with E-state index in [0.717, 1.165) is 16.7 Å². The number of aromatic nitrogens is 1. The number of para-hydroxylation sites is 1. The van der Waals surface area contributed by atoms with Gasteiger partial charge in [0, 0.05) is 22.6 Å². The monoisotopic (exact) mass is 261 g/mol. The van der Waals surface area contributed by atoms with E-state index >= 15 is 0 Å². The zero-order chi connectivity index (χ0) is 13.0. The Morgan fingerprint density at radius 2 is 2.17 bits per heavy atom. The second-order valence-electron chi connectivity index (χ2n) is 4.21. The topological polar surface area (TPSA) is 50.2 Å². The molecule has 0 saturated heterocycles. The average molecular weight is 261 g/mol. The molecule has 0 aliphatic carbocycles. The van der Waals surface area contributed by atoms with Crippen LogP contribution >= 0.6 is 11.8 Å². The number of carbonyl (C=O) groups is 1. The van der Waals surface area contributed by atoms with Crippen LogP contribution in [0.1, 0.15) is 18.9 Å². The molecule has 0 bridgehead atoms. The molecule has 3 nitrogen and oxygen atoms in total. The fraction of sp³-hybridized carbons (Fsp3) is 0.286. The quantitative estimate of drug-likeness (QED) is 0.897. The van der Waals surface area contributed by atoms with E-state index in [0.29, 0.717) is 0 Å². The van der Waals surface area contributed by atoms with Crippen molar-refractivity contribution in [3.63, 3.8) is 0 Å². The number of rotatable bonds is 5. The van der Waals surface area contributed by atoms with Gasteiger partial charge in [-0.05, 0) is 17.7 Å². The van der Waals surface area contributed by atoms with Gasteiger partial charge < -0.3 is 5.11 Å². The highest BCUT2D eigenvalue weighted by atomic mass is 32.2. The number of thioether (sulfide) groups is 1. The van der Waals surface area contributed by atoms with Crippen LogP contribution in [0.5, 0.6) is 0 Å². The molecule has 1 unspecified atom stereocenters. The molecule has 2 rings (SSSR count). The molecule has 1 N–H and O–H groups in total. The van der Waals surface area contributed by atoms with Gasteiger partial charge in [0.15, 0.2) is 0 Å². The molecule has 4 heteroatoms. The molecule has 2 aromatic rings. The van der Waals surface area contributed by atoms with Crippen LogP contribution in [0.3, 0.4) is 0 Å². The van der Waals surface area contributed by atoms with Gasteiger partial charge in [-0.1, -0.05) is 25.1 Å². The number of benzene rings is 1. The minimum atomic E-state index is -0.741. The molecule has 0 radical (unpaired) electrons. The molecule has 1 aromatic heterocycles. The predicted octanol–water partition coefficient (Wildman–Crippen LogP) is 3.33. The highest BCUT2D eigenvalue weighted by Crippen LogP contribution is 2.24. The van der Waals surface area contributed by atoms with Crippen molar-refractivity contribution in [2.45, 2.75) is 24.3 Å².